The molecule has 4 rings (SSSR count). The Balaban J connectivity index is 1.57. The van der Waals surface area contributed by atoms with Crippen molar-refractivity contribution in [3.05, 3.63) is 26.6 Å². The highest BCUT2D eigenvalue weighted by atomic mass is 32.1. The van der Waals surface area contributed by atoms with E-state index < -0.39 is 0 Å². The molecule has 0 atom stereocenters. The van der Waals surface area contributed by atoms with E-state index >= 15 is 0 Å². The van der Waals surface area contributed by atoms with Crippen LogP contribution >= 0.6 is 11.3 Å². The van der Waals surface area contributed by atoms with Gasteiger partial charge in [0.25, 0.3) is 5.56 Å². The van der Waals surface area contributed by atoms with Crippen LogP contribution in [0.5, 0.6) is 0 Å². The van der Waals surface area contributed by atoms with Gasteiger partial charge in [0.2, 0.25) is 0 Å². The lowest BCUT2D eigenvalue weighted by Crippen LogP contribution is -2.33. The van der Waals surface area contributed by atoms with E-state index in [4.69, 9.17) is 0 Å². The number of nitrogens with zero attached hydrogens (tertiary/aromatic N) is 1. The second-order valence-electron chi connectivity index (χ2n) is 6.56. The molecule has 0 amide bonds. The van der Waals surface area contributed by atoms with Gasteiger partial charge in [-0.2, -0.15) is 0 Å². The lowest BCUT2D eigenvalue weighted by Gasteiger charge is -2.17. The number of H-pyrrole nitrogens is 1. The van der Waals surface area contributed by atoms with Crippen molar-refractivity contribution >= 4 is 21.6 Å². The van der Waals surface area contributed by atoms with Crippen LogP contribution in [0.4, 0.5) is 0 Å². The molecule has 2 aliphatic carbocycles. The van der Waals surface area contributed by atoms with Gasteiger partial charge in [-0.3, -0.25) is 4.79 Å². The summed E-state index contributed by atoms with van der Waals surface area (Å²) in [5.41, 5.74) is 1.07. The maximum Gasteiger partial charge on any atom is 0.259 e. The van der Waals surface area contributed by atoms with Crippen molar-refractivity contribution in [1.82, 2.24) is 15.3 Å². The van der Waals surface area contributed by atoms with E-state index in [0.29, 0.717) is 12.6 Å². The summed E-state index contributed by atoms with van der Waals surface area (Å²) in [6.45, 7) is 4.73. The Labute approximate surface area is 128 Å². The fraction of sp³-hybridized carbons (Fsp3) is 0.625. The molecule has 0 saturated heterocycles. The Morgan fingerprint density at radius 3 is 2.57 bits per heavy atom. The molecule has 0 aliphatic heterocycles. The van der Waals surface area contributed by atoms with Gasteiger partial charge in [-0.15, -0.1) is 11.3 Å². The minimum absolute atomic E-state index is 0.00745. The number of hydrogen-bond acceptors (Lipinski definition) is 4. The molecule has 2 fully saturated rings. The zero-order chi connectivity index (χ0) is 14.6. The number of thiophene rings is 1. The SMILES string of the molecule is Cc1sc2nc(CNC(C3CC3)C3CC3)[nH]c(=O)c2c1C. The summed E-state index contributed by atoms with van der Waals surface area (Å²) in [4.78, 5) is 21.9. The van der Waals surface area contributed by atoms with Crippen LogP contribution in [0.15, 0.2) is 4.79 Å². The fourth-order valence-electron chi connectivity index (χ4n) is 3.23. The van der Waals surface area contributed by atoms with E-state index in [1.807, 2.05) is 6.92 Å². The number of aromatic amines is 1. The first kappa shape index (κ1) is 13.5. The normalized spacial score (nSPS) is 18.8. The molecule has 2 N–H and O–H groups in total. The molecule has 2 aromatic rings. The molecule has 0 radical (unpaired) electrons. The quantitative estimate of drug-likeness (QED) is 0.893. The number of nitrogens with one attached hydrogen (secondary N) is 2. The maximum absolute atomic E-state index is 12.3. The van der Waals surface area contributed by atoms with Gasteiger partial charge in [-0.1, -0.05) is 0 Å². The Bertz CT molecular complexity index is 728. The third-order valence-corrected chi connectivity index (χ3v) is 5.95. The van der Waals surface area contributed by atoms with Crippen LogP contribution in [0.3, 0.4) is 0 Å². The third kappa shape index (κ3) is 2.53. The number of aromatic nitrogens is 2. The first-order chi connectivity index (χ1) is 10.1. The molecular formula is C16H21N3OS. The fourth-order valence-corrected chi connectivity index (χ4v) is 4.28. The second-order valence-corrected chi connectivity index (χ2v) is 7.76. The molecule has 0 spiro atoms. The largest absolute Gasteiger partial charge is 0.309 e. The number of rotatable bonds is 5. The minimum Gasteiger partial charge on any atom is -0.309 e. The predicted molar refractivity (Wildman–Crippen MR) is 85.8 cm³/mol. The zero-order valence-corrected chi connectivity index (χ0v) is 13.3. The van der Waals surface area contributed by atoms with Crippen LogP contribution in [0, 0.1) is 25.7 Å². The van der Waals surface area contributed by atoms with Gasteiger partial charge >= 0.3 is 0 Å². The summed E-state index contributed by atoms with van der Waals surface area (Å²) in [5, 5.41) is 4.41. The summed E-state index contributed by atoms with van der Waals surface area (Å²) in [5.74, 6) is 2.50. The van der Waals surface area contributed by atoms with E-state index in [2.05, 4.69) is 22.2 Å². The molecule has 4 nitrogen and oxygen atoms in total. The molecular weight excluding hydrogens is 282 g/mol. The maximum atomic E-state index is 12.3. The van der Waals surface area contributed by atoms with Gasteiger partial charge in [0.05, 0.1) is 11.9 Å². The first-order valence-electron chi connectivity index (χ1n) is 7.86. The number of hydrogen-bond donors (Lipinski definition) is 2. The lowest BCUT2D eigenvalue weighted by atomic mass is 10.1. The highest BCUT2D eigenvalue weighted by Crippen LogP contribution is 2.44. The Hall–Kier alpha value is -1.20. The van der Waals surface area contributed by atoms with Crippen LogP contribution < -0.4 is 10.9 Å². The van der Waals surface area contributed by atoms with Crippen LogP contribution in [0.1, 0.15) is 41.9 Å². The summed E-state index contributed by atoms with van der Waals surface area (Å²) >= 11 is 1.62. The monoisotopic (exact) mass is 303 g/mol. The molecule has 2 saturated carbocycles. The molecule has 2 aromatic heterocycles. The van der Waals surface area contributed by atoms with Gasteiger partial charge in [0.15, 0.2) is 0 Å². The van der Waals surface area contributed by atoms with Crippen LogP contribution in [-0.2, 0) is 6.54 Å². The third-order valence-electron chi connectivity index (χ3n) is 4.85. The molecule has 21 heavy (non-hydrogen) atoms. The smallest absolute Gasteiger partial charge is 0.259 e. The molecule has 0 aromatic carbocycles. The molecule has 2 aliphatic rings. The Kier molecular flexibility index (Phi) is 3.15. The van der Waals surface area contributed by atoms with Crippen molar-refractivity contribution < 1.29 is 0 Å². The van der Waals surface area contributed by atoms with Crippen molar-refractivity contribution in [2.75, 3.05) is 0 Å². The Morgan fingerprint density at radius 1 is 1.29 bits per heavy atom. The average Bonchev–Trinajstić information content (AvgIpc) is 3.32. The van der Waals surface area contributed by atoms with E-state index in [1.165, 1.54) is 30.6 Å². The minimum atomic E-state index is 0.00745. The molecule has 0 unspecified atom stereocenters. The van der Waals surface area contributed by atoms with Gasteiger partial charge in [0.1, 0.15) is 10.7 Å². The van der Waals surface area contributed by atoms with Crippen molar-refractivity contribution in [3.63, 3.8) is 0 Å². The lowest BCUT2D eigenvalue weighted by molar-refractivity contribution is 0.411. The molecule has 112 valence electrons. The topological polar surface area (TPSA) is 57.8 Å². The van der Waals surface area contributed by atoms with Gasteiger partial charge in [-0.25, -0.2) is 4.98 Å². The van der Waals surface area contributed by atoms with Gasteiger partial charge < -0.3 is 10.3 Å². The molecule has 2 heterocycles. The summed E-state index contributed by atoms with van der Waals surface area (Å²) in [6.07, 6.45) is 5.45. The van der Waals surface area contributed by atoms with E-state index in [9.17, 15) is 4.79 Å². The first-order valence-corrected chi connectivity index (χ1v) is 8.67. The summed E-state index contributed by atoms with van der Waals surface area (Å²) in [7, 11) is 0. The summed E-state index contributed by atoms with van der Waals surface area (Å²) < 4.78 is 0. The van der Waals surface area contributed by atoms with Gasteiger partial charge in [0, 0.05) is 10.9 Å². The van der Waals surface area contributed by atoms with Crippen molar-refractivity contribution in [3.8, 4) is 0 Å². The number of aryl methyl sites for hydroxylation is 2. The average molecular weight is 303 g/mol. The Morgan fingerprint density at radius 2 is 1.95 bits per heavy atom. The number of fused-ring (bicyclic) bond motifs is 1. The predicted octanol–water partition coefficient (Wildman–Crippen LogP) is 2.88. The van der Waals surface area contributed by atoms with Crippen molar-refractivity contribution in [2.24, 2.45) is 11.8 Å². The zero-order valence-electron chi connectivity index (χ0n) is 12.5. The second kappa shape index (κ2) is 4.92. The van der Waals surface area contributed by atoms with E-state index in [-0.39, 0.29) is 5.56 Å². The molecule has 0 bridgehead atoms. The standard InChI is InChI=1S/C16H21N3OS/c1-8-9(2)21-16-13(8)15(20)18-12(19-16)7-17-14(10-3-4-10)11-5-6-11/h10-11,14,17H,3-7H2,1-2H3,(H,18,19,20). The van der Waals surface area contributed by atoms with Crippen LogP contribution in [0.25, 0.3) is 10.2 Å². The van der Waals surface area contributed by atoms with Crippen LogP contribution in [-0.4, -0.2) is 16.0 Å². The van der Waals surface area contributed by atoms with Crippen LogP contribution in [0.2, 0.25) is 0 Å². The van der Waals surface area contributed by atoms with Crippen molar-refractivity contribution in [2.45, 2.75) is 52.1 Å². The highest BCUT2D eigenvalue weighted by Gasteiger charge is 2.41. The van der Waals surface area contributed by atoms with E-state index in [0.717, 1.165) is 33.4 Å². The van der Waals surface area contributed by atoms with Crippen molar-refractivity contribution in [1.29, 1.82) is 0 Å². The van der Waals surface area contributed by atoms with Gasteiger partial charge in [-0.05, 0) is 56.9 Å². The summed E-state index contributed by atoms with van der Waals surface area (Å²) in [6, 6.07) is 0.637. The van der Waals surface area contributed by atoms with E-state index in [1.54, 1.807) is 11.3 Å². The molecule has 5 heteroatoms. The highest BCUT2D eigenvalue weighted by molar-refractivity contribution is 7.18.